The van der Waals surface area contributed by atoms with Crippen molar-refractivity contribution in [3.05, 3.63) is 60.2 Å². The fourth-order valence-corrected chi connectivity index (χ4v) is 2.09. The van der Waals surface area contributed by atoms with Crippen molar-refractivity contribution in [2.45, 2.75) is 19.4 Å². The average Bonchev–Trinajstić information content (AvgIpc) is 2.46. The Kier molecular flexibility index (Phi) is 4.00. The van der Waals surface area contributed by atoms with Crippen molar-refractivity contribution >= 4 is 11.4 Å². The van der Waals surface area contributed by atoms with E-state index in [0.29, 0.717) is 0 Å². The van der Waals surface area contributed by atoms with Gasteiger partial charge in [-0.15, -0.1) is 0 Å². The third-order valence-corrected chi connectivity index (χ3v) is 3.19. The average molecular weight is 241 g/mol. The molecule has 2 heteroatoms. The summed E-state index contributed by atoms with van der Waals surface area (Å²) in [5, 5.41) is 10.1. The number of anilines is 2. The van der Waals surface area contributed by atoms with Crippen LogP contribution >= 0.6 is 0 Å². The molecule has 0 radical (unpaired) electrons. The molecule has 0 saturated heterocycles. The number of hydrogen-bond donors (Lipinski definition) is 1. The Balaban J connectivity index is 2.39. The number of aliphatic hydroxyl groups is 1. The lowest BCUT2D eigenvalue weighted by molar-refractivity contribution is 0.174. The lowest BCUT2D eigenvalue weighted by Crippen LogP contribution is -2.13. The summed E-state index contributed by atoms with van der Waals surface area (Å²) < 4.78 is 0. The highest BCUT2D eigenvalue weighted by Crippen LogP contribution is 2.31. The maximum atomic E-state index is 10.1. The van der Waals surface area contributed by atoms with Crippen LogP contribution in [0.5, 0.6) is 0 Å². The van der Waals surface area contributed by atoms with Crippen LogP contribution in [0.15, 0.2) is 54.6 Å². The van der Waals surface area contributed by atoms with E-state index in [4.69, 9.17) is 0 Å². The van der Waals surface area contributed by atoms with E-state index in [1.54, 1.807) is 0 Å². The van der Waals surface area contributed by atoms with Gasteiger partial charge in [-0.1, -0.05) is 43.3 Å². The molecular weight excluding hydrogens is 222 g/mol. The Morgan fingerprint density at radius 2 is 1.61 bits per heavy atom. The van der Waals surface area contributed by atoms with Crippen LogP contribution < -0.4 is 4.90 Å². The zero-order chi connectivity index (χ0) is 13.0. The molecule has 0 amide bonds. The quantitative estimate of drug-likeness (QED) is 0.877. The van der Waals surface area contributed by atoms with Crippen LogP contribution in [0.4, 0.5) is 11.4 Å². The molecule has 1 atom stereocenters. The summed E-state index contributed by atoms with van der Waals surface area (Å²) in [6, 6.07) is 18.2. The summed E-state index contributed by atoms with van der Waals surface area (Å²) in [6.45, 7) is 1.99. The molecule has 1 N–H and O–H groups in total. The van der Waals surface area contributed by atoms with Crippen molar-refractivity contribution in [1.82, 2.24) is 0 Å². The monoisotopic (exact) mass is 241 g/mol. The van der Waals surface area contributed by atoms with Crippen molar-refractivity contribution in [3.63, 3.8) is 0 Å². The van der Waals surface area contributed by atoms with Crippen molar-refractivity contribution < 1.29 is 5.11 Å². The smallest absolute Gasteiger partial charge is 0.0807 e. The molecular formula is C16H19NO. The first kappa shape index (κ1) is 12.7. The molecule has 0 heterocycles. The summed E-state index contributed by atoms with van der Waals surface area (Å²) in [7, 11) is 2.02. The van der Waals surface area contributed by atoms with E-state index in [0.717, 1.165) is 23.4 Å². The molecule has 2 aromatic carbocycles. The van der Waals surface area contributed by atoms with Gasteiger partial charge in [-0.25, -0.2) is 0 Å². The van der Waals surface area contributed by atoms with Gasteiger partial charge in [0.2, 0.25) is 0 Å². The van der Waals surface area contributed by atoms with Crippen molar-refractivity contribution in [2.75, 3.05) is 11.9 Å². The highest BCUT2D eigenvalue weighted by atomic mass is 16.3. The Morgan fingerprint density at radius 1 is 1.00 bits per heavy atom. The molecule has 0 fully saturated rings. The normalized spacial score (nSPS) is 12.2. The molecule has 0 aliphatic heterocycles. The van der Waals surface area contributed by atoms with Gasteiger partial charge in [0.25, 0.3) is 0 Å². The van der Waals surface area contributed by atoms with E-state index in [2.05, 4.69) is 17.0 Å². The van der Waals surface area contributed by atoms with E-state index < -0.39 is 6.10 Å². The van der Waals surface area contributed by atoms with Crippen LogP contribution in [-0.2, 0) is 0 Å². The summed E-state index contributed by atoms with van der Waals surface area (Å²) in [6.07, 6.45) is 0.312. The number of rotatable bonds is 4. The van der Waals surface area contributed by atoms with Gasteiger partial charge in [0.1, 0.15) is 0 Å². The van der Waals surface area contributed by atoms with Crippen molar-refractivity contribution in [1.29, 1.82) is 0 Å². The fraction of sp³-hybridized carbons (Fsp3) is 0.250. The number of nitrogens with zero attached hydrogens (tertiary/aromatic N) is 1. The highest BCUT2D eigenvalue weighted by Gasteiger charge is 2.13. The van der Waals surface area contributed by atoms with Crippen LogP contribution in [-0.4, -0.2) is 12.2 Å². The van der Waals surface area contributed by atoms with Crippen molar-refractivity contribution in [3.8, 4) is 0 Å². The first-order valence-electron chi connectivity index (χ1n) is 6.29. The number of para-hydroxylation sites is 2. The maximum absolute atomic E-state index is 10.1. The topological polar surface area (TPSA) is 23.5 Å². The zero-order valence-electron chi connectivity index (χ0n) is 10.9. The Morgan fingerprint density at radius 3 is 2.28 bits per heavy atom. The maximum Gasteiger partial charge on any atom is 0.0807 e. The molecule has 2 aromatic rings. The Labute approximate surface area is 109 Å². The summed E-state index contributed by atoms with van der Waals surface area (Å²) in [4.78, 5) is 2.11. The Hall–Kier alpha value is -1.80. The van der Waals surface area contributed by atoms with Gasteiger partial charge in [0, 0.05) is 24.0 Å². The van der Waals surface area contributed by atoms with Crippen LogP contribution in [0.2, 0.25) is 0 Å². The highest BCUT2D eigenvalue weighted by molar-refractivity contribution is 5.66. The molecule has 0 aliphatic carbocycles. The molecule has 18 heavy (non-hydrogen) atoms. The van der Waals surface area contributed by atoms with Gasteiger partial charge in [-0.05, 0) is 24.6 Å². The zero-order valence-corrected chi connectivity index (χ0v) is 10.9. The lowest BCUT2D eigenvalue weighted by atomic mass is 10.0. The second-order valence-electron chi connectivity index (χ2n) is 4.38. The Bertz CT molecular complexity index is 495. The van der Waals surface area contributed by atoms with Gasteiger partial charge in [-0.3, -0.25) is 0 Å². The van der Waals surface area contributed by atoms with E-state index in [1.165, 1.54) is 0 Å². The standard InChI is InChI=1S/C16H19NO/c1-3-16(18)14-11-7-8-12-15(14)17(2)13-9-5-4-6-10-13/h4-12,16,18H,3H2,1-2H3. The van der Waals surface area contributed by atoms with Gasteiger partial charge in [0.05, 0.1) is 6.10 Å². The number of hydrogen-bond acceptors (Lipinski definition) is 2. The first-order chi connectivity index (χ1) is 8.74. The molecule has 94 valence electrons. The number of aliphatic hydroxyl groups excluding tert-OH is 1. The summed E-state index contributed by atoms with van der Waals surface area (Å²) >= 11 is 0. The molecule has 1 unspecified atom stereocenters. The number of benzene rings is 2. The largest absolute Gasteiger partial charge is 0.388 e. The third kappa shape index (κ3) is 2.54. The third-order valence-electron chi connectivity index (χ3n) is 3.19. The van der Waals surface area contributed by atoms with Gasteiger partial charge >= 0.3 is 0 Å². The van der Waals surface area contributed by atoms with Crippen LogP contribution in [0, 0.1) is 0 Å². The molecule has 2 nitrogen and oxygen atoms in total. The molecule has 0 bridgehead atoms. The first-order valence-corrected chi connectivity index (χ1v) is 6.29. The van der Waals surface area contributed by atoms with E-state index in [1.807, 2.05) is 56.4 Å². The fourth-order valence-electron chi connectivity index (χ4n) is 2.09. The van der Waals surface area contributed by atoms with Crippen LogP contribution in [0.3, 0.4) is 0 Å². The SMILES string of the molecule is CCC(O)c1ccccc1N(C)c1ccccc1. The van der Waals surface area contributed by atoms with Crippen LogP contribution in [0.25, 0.3) is 0 Å². The van der Waals surface area contributed by atoms with Crippen LogP contribution in [0.1, 0.15) is 25.0 Å². The minimum Gasteiger partial charge on any atom is -0.388 e. The lowest BCUT2D eigenvalue weighted by Gasteiger charge is -2.24. The molecule has 2 rings (SSSR count). The minimum absolute atomic E-state index is 0.410. The molecule has 0 aliphatic rings. The van der Waals surface area contributed by atoms with Crippen molar-refractivity contribution in [2.24, 2.45) is 0 Å². The predicted molar refractivity (Wildman–Crippen MR) is 76.2 cm³/mol. The predicted octanol–water partition coefficient (Wildman–Crippen LogP) is 3.90. The summed E-state index contributed by atoms with van der Waals surface area (Å²) in [5.74, 6) is 0. The minimum atomic E-state index is -0.410. The van der Waals surface area contributed by atoms with Gasteiger partial charge in [0.15, 0.2) is 0 Å². The molecule has 0 spiro atoms. The van der Waals surface area contributed by atoms with E-state index in [-0.39, 0.29) is 0 Å². The second-order valence-corrected chi connectivity index (χ2v) is 4.38. The van der Waals surface area contributed by atoms with E-state index in [9.17, 15) is 5.11 Å². The molecule has 0 saturated carbocycles. The second kappa shape index (κ2) is 5.69. The van der Waals surface area contributed by atoms with Gasteiger partial charge in [-0.2, -0.15) is 0 Å². The van der Waals surface area contributed by atoms with E-state index >= 15 is 0 Å². The summed E-state index contributed by atoms with van der Waals surface area (Å²) in [5.41, 5.74) is 3.15. The van der Waals surface area contributed by atoms with Gasteiger partial charge < -0.3 is 10.0 Å². The molecule has 0 aromatic heterocycles.